The molecule has 190 valence electrons. The van der Waals surface area contributed by atoms with Gasteiger partial charge in [-0.05, 0) is 12.1 Å². The second kappa shape index (κ2) is 13.3. The van der Waals surface area contributed by atoms with Crippen molar-refractivity contribution in [3.63, 3.8) is 0 Å². The minimum Gasteiger partial charge on any atom is -0.489 e. The van der Waals surface area contributed by atoms with E-state index in [-0.39, 0.29) is 32.1 Å². The normalized spacial score (nSPS) is 13.5. The Hall–Kier alpha value is -3.66. The third-order valence-corrected chi connectivity index (χ3v) is 4.88. The van der Waals surface area contributed by atoms with Gasteiger partial charge in [-0.25, -0.2) is 10.1 Å². The van der Waals surface area contributed by atoms with Crippen LogP contribution in [0.3, 0.4) is 0 Å². The number of ether oxygens (including phenoxy) is 2. The van der Waals surface area contributed by atoms with Gasteiger partial charge < -0.3 is 19.3 Å². The van der Waals surface area contributed by atoms with Gasteiger partial charge in [0.05, 0.1) is 31.4 Å². The van der Waals surface area contributed by atoms with Gasteiger partial charge in [-0.1, -0.05) is 13.8 Å². The summed E-state index contributed by atoms with van der Waals surface area (Å²) >= 11 is 0. The molecule has 1 amide bonds. The molecule has 13 heteroatoms. The topological polar surface area (TPSA) is 124 Å². The van der Waals surface area contributed by atoms with E-state index in [2.05, 4.69) is 10.1 Å². The lowest BCUT2D eigenvalue weighted by atomic mass is 10.2. The summed E-state index contributed by atoms with van der Waals surface area (Å²) in [5.41, 5.74) is -2.36. The molecule has 3 rings (SSSR count). The number of piperazine rings is 1. The molecule has 2 aromatic rings. The zero-order valence-corrected chi connectivity index (χ0v) is 19.5. The number of aromatic amines is 1. The number of pyridine rings is 1. The van der Waals surface area contributed by atoms with Crippen LogP contribution in [0.25, 0.3) is 0 Å². The van der Waals surface area contributed by atoms with Crippen molar-refractivity contribution in [1.82, 2.24) is 20.1 Å². The first-order chi connectivity index (χ1) is 16.8. The number of carbonyl (C=O) groups excluding carboxylic acids is 1. The summed E-state index contributed by atoms with van der Waals surface area (Å²) in [6.45, 7) is 6.02. The molecule has 3 heterocycles. The molecule has 1 N–H and O–H groups in total. The highest BCUT2D eigenvalue weighted by molar-refractivity contribution is 5.76. The predicted molar refractivity (Wildman–Crippen MR) is 120 cm³/mol. The third-order valence-electron chi connectivity index (χ3n) is 4.88. The molecule has 0 atom stereocenters. The Kier molecular flexibility index (Phi) is 10.5. The van der Waals surface area contributed by atoms with Crippen LogP contribution in [0.2, 0.25) is 0 Å². The number of aromatic nitrogens is 3. The van der Waals surface area contributed by atoms with E-state index in [1.165, 1.54) is 6.20 Å². The Bertz CT molecular complexity index is 1040. The van der Waals surface area contributed by atoms with E-state index in [9.17, 15) is 22.8 Å². The van der Waals surface area contributed by atoms with Gasteiger partial charge in [-0.2, -0.15) is 23.5 Å². The summed E-state index contributed by atoms with van der Waals surface area (Å²) in [4.78, 5) is 31.7. The first-order valence-corrected chi connectivity index (χ1v) is 11.0. The van der Waals surface area contributed by atoms with E-state index in [4.69, 9.17) is 14.7 Å². The van der Waals surface area contributed by atoms with Crippen LogP contribution in [-0.4, -0.2) is 72.0 Å². The number of nitrogens with one attached hydrogen (secondary N) is 1. The lowest BCUT2D eigenvalue weighted by molar-refractivity contribution is -0.140. The van der Waals surface area contributed by atoms with Crippen LogP contribution < -0.4 is 15.2 Å². The van der Waals surface area contributed by atoms with Gasteiger partial charge in [0.15, 0.2) is 11.3 Å². The fourth-order valence-corrected chi connectivity index (χ4v) is 3.21. The maximum Gasteiger partial charge on any atom is 0.425 e. The molecule has 0 aliphatic carbocycles. The van der Waals surface area contributed by atoms with Crippen molar-refractivity contribution in [2.45, 2.75) is 26.4 Å². The van der Waals surface area contributed by atoms with E-state index in [1.807, 2.05) is 24.8 Å². The van der Waals surface area contributed by atoms with Crippen LogP contribution in [-0.2, 0) is 15.7 Å². The Labute approximate surface area is 200 Å². The third kappa shape index (κ3) is 7.96. The summed E-state index contributed by atoms with van der Waals surface area (Å²) in [5, 5.41) is 13.9. The molecule has 0 saturated carbocycles. The molecular formula is C22H27F3N6O4. The quantitative estimate of drug-likeness (QED) is 0.552. The molecule has 35 heavy (non-hydrogen) atoms. The maximum absolute atomic E-state index is 12.9. The number of carbonyl (C=O) groups is 1. The maximum atomic E-state index is 12.9. The number of nitrogens with zero attached hydrogens (tertiary/aromatic N) is 5. The van der Waals surface area contributed by atoms with Gasteiger partial charge in [-0.15, -0.1) is 0 Å². The summed E-state index contributed by atoms with van der Waals surface area (Å²) < 4.78 is 49.1. The molecule has 0 spiro atoms. The Morgan fingerprint density at radius 1 is 1.14 bits per heavy atom. The zero-order valence-electron chi connectivity index (χ0n) is 19.5. The number of amides is 1. The van der Waals surface area contributed by atoms with Gasteiger partial charge in [0.1, 0.15) is 18.5 Å². The predicted octanol–water partition coefficient (Wildman–Crippen LogP) is 2.22. The largest absolute Gasteiger partial charge is 0.489 e. The smallest absolute Gasteiger partial charge is 0.425 e. The molecule has 10 nitrogen and oxygen atoms in total. The fourth-order valence-electron chi connectivity index (χ4n) is 3.21. The molecule has 1 aliphatic rings. The molecule has 0 aromatic carbocycles. The number of H-pyrrole nitrogens is 1. The van der Waals surface area contributed by atoms with E-state index >= 15 is 0 Å². The molecule has 0 unspecified atom stereocenters. The Balaban J connectivity index is 0.00000210. The highest BCUT2D eigenvalue weighted by Gasteiger charge is 2.38. The standard InChI is InChI=1S/C20H21F3N6O4.C2H6/c21-20(22,23)18-15(13-26-27-19(18)31)33-10-9-32-8-3-17(30)29-6-4-28(5-7-29)16-2-1-14(11-24)12-25-16;1-2/h1-2,12-13H,3-10H2,(H,27,31);1-2H3. The van der Waals surface area contributed by atoms with Gasteiger partial charge >= 0.3 is 6.18 Å². The van der Waals surface area contributed by atoms with Gasteiger partial charge in [-0.3, -0.25) is 9.59 Å². The highest BCUT2D eigenvalue weighted by atomic mass is 19.4. The van der Waals surface area contributed by atoms with Gasteiger partial charge in [0.2, 0.25) is 5.91 Å². The van der Waals surface area contributed by atoms with E-state index in [0.717, 1.165) is 12.0 Å². The number of anilines is 1. The summed E-state index contributed by atoms with van der Waals surface area (Å²) in [5.74, 6) is -0.0317. The van der Waals surface area contributed by atoms with Crippen molar-refractivity contribution in [2.75, 3.05) is 50.9 Å². The van der Waals surface area contributed by atoms with Crippen LogP contribution in [0, 0.1) is 11.3 Å². The van der Waals surface area contributed by atoms with Crippen LogP contribution >= 0.6 is 0 Å². The monoisotopic (exact) mass is 496 g/mol. The van der Waals surface area contributed by atoms with Gasteiger partial charge in [0.25, 0.3) is 5.56 Å². The second-order valence-corrected chi connectivity index (χ2v) is 7.03. The van der Waals surface area contributed by atoms with E-state index in [1.54, 1.807) is 22.1 Å². The van der Waals surface area contributed by atoms with Crippen molar-refractivity contribution in [2.24, 2.45) is 0 Å². The number of hydrogen-bond acceptors (Lipinski definition) is 8. The Morgan fingerprint density at radius 3 is 2.46 bits per heavy atom. The Morgan fingerprint density at radius 2 is 1.86 bits per heavy atom. The zero-order chi connectivity index (χ0) is 25.8. The van der Waals surface area contributed by atoms with E-state index in [0.29, 0.717) is 31.7 Å². The number of halogens is 3. The molecule has 0 bridgehead atoms. The first kappa shape index (κ1) is 27.6. The van der Waals surface area contributed by atoms with Gasteiger partial charge in [0, 0.05) is 32.4 Å². The molecule has 2 aromatic heterocycles. The van der Waals surface area contributed by atoms with Crippen molar-refractivity contribution in [3.8, 4) is 11.8 Å². The second-order valence-electron chi connectivity index (χ2n) is 7.03. The molecule has 0 radical (unpaired) electrons. The molecule has 1 saturated heterocycles. The fraction of sp³-hybridized carbons (Fsp3) is 0.500. The van der Waals surface area contributed by atoms with Crippen molar-refractivity contribution < 1.29 is 27.4 Å². The number of rotatable bonds is 8. The summed E-state index contributed by atoms with van der Waals surface area (Å²) in [7, 11) is 0. The van der Waals surface area contributed by atoms with E-state index < -0.39 is 23.0 Å². The number of nitriles is 1. The lowest BCUT2D eigenvalue weighted by Gasteiger charge is -2.35. The summed E-state index contributed by atoms with van der Waals surface area (Å²) in [6.07, 6.45) is -2.47. The van der Waals surface area contributed by atoms with Crippen molar-refractivity contribution in [1.29, 1.82) is 5.26 Å². The number of hydrogen-bond donors (Lipinski definition) is 1. The number of alkyl halides is 3. The van der Waals surface area contributed by atoms with Crippen molar-refractivity contribution in [3.05, 3.63) is 46.0 Å². The molecule has 1 aliphatic heterocycles. The minimum atomic E-state index is -4.88. The average molecular weight is 496 g/mol. The van der Waals surface area contributed by atoms with Crippen LogP contribution in [0.5, 0.6) is 5.75 Å². The van der Waals surface area contributed by atoms with Crippen LogP contribution in [0.15, 0.2) is 29.3 Å². The molecule has 1 fully saturated rings. The lowest BCUT2D eigenvalue weighted by Crippen LogP contribution is -2.49. The SMILES string of the molecule is CC.N#Cc1ccc(N2CCN(C(=O)CCOCCOc3cn[nH]c(=O)c3C(F)(F)F)CC2)nc1. The van der Waals surface area contributed by atoms with Crippen molar-refractivity contribution >= 4 is 11.7 Å². The highest BCUT2D eigenvalue weighted by Crippen LogP contribution is 2.32. The summed E-state index contributed by atoms with van der Waals surface area (Å²) in [6, 6.07) is 5.48. The first-order valence-electron chi connectivity index (χ1n) is 11.0. The molecular weight excluding hydrogens is 469 g/mol. The van der Waals surface area contributed by atoms with Crippen LogP contribution in [0.4, 0.5) is 19.0 Å². The minimum absolute atomic E-state index is 0.0600. The average Bonchev–Trinajstić information content (AvgIpc) is 2.86. The van der Waals surface area contributed by atoms with Crippen LogP contribution in [0.1, 0.15) is 31.4 Å².